The van der Waals surface area contributed by atoms with Gasteiger partial charge in [-0.25, -0.2) is 0 Å². The van der Waals surface area contributed by atoms with E-state index in [1.165, 1.54) is 0 Å². The van der Waals surface area contributed by atoms with Crippen LogP contribution in [0.3, 0.4) is 0 Å². The van der Waals surface area contributed by atoms with E-state index in [-0.39, 0.29) is 30.8 Å². The Morgan fingerprint density at radius 2 is 1.90 bits per heavy atom. The molecule has 0 aromatic heterocycles. The lowest BCUT2D eigenvalue weighted by molar-refractivity contribution is -0.138. The van der Waals surface area contributed by atoms with Gasteiger partial charge in [0.1, 0.15) is 5.75 Å². The minimum atomic E-state index is -0.854. The summed E-state index contributed by atoms with van der Waals surface area (Å²) in [6.07, 6.45) is 0.320. The van der Waals surface area contributed by atoms with E-state index < -0.39 is 5.97 Å². The van der Waals surface area contributed by atoms with Gasteiger partial charge in [-0.05, 0) is 25.8 Å². The molecule has 116 valence electrons. The molecule has 0 aliphatic heterocycles. The molecule has 1 unspecified atom stereocenters. The molecule has 5 nitrogen and oxygen atoms in total. The van der Waals surface area contributed by atoms with E-state index in [0.717, 1.165) is 5.56 Å². The average Bonchev–Trinajstić information content (AvgIpc) is 2.37. The number of ether oxygens (including phenoxy) is 1. The predicted molar refractivity (Wildman–Crippen MR) is 80.3 cm³/mol. The monoisotopic (exact) mass is 293 g/mol. The molecule has 2 N–H and O–H groups in total. The van der Waals surface area contributed by atoms with Gasteiger partial charge in [0.25, 0.3) is 0 Å². The number of carboxylic acid groups (broad SMARTS) is 1. The standard InChI is InChI=1S/C16H23NO4/c1-11(2)21-14-7-5-4-6-13(14)9-15(18)17-10-12(3)8-16(19)20/h4-7,11-12H,8-10H2,1-3H3,(H,17,18)(H,19,20). The quantitative estimate of drug-likeness (QED) is 0.770. The van der Waals surface area contributed by atoms with Crippen molar-refractivity contribution in [2.24, 2.45) is 5.92 Å². The molecule has 1 aromatic carbocycles. The smallest absolute Gasteiger partial charge is 0.303 e. The Kier molecular flexibility index (Phi) is 6.72. The molecular weight excluding hydrogens is 270 g/mol. The zero-order chi connectivity index (χ0) is 15.8. The van der Waals surface area contributed by atoms with E-state index in [0.29, 0.717) is 12.3 Å². The highest BCUT2D eigenvalue weighted by Crippen LogP contribution is 2.19. The van der Waals surface area contributed by atoms with Crippen LogP contribution in [0, 0.1) is 5.92 Å². The Labute approximate surface area is 125 Å². The van der Waals surface area contributed by atoms with Crippen LogP contribution in [0.5, 0.6) is 5.75 Å². The largest absolute Gasteiger partial charge is 0.491 e. The molecule has 0 aliphatic rings. The average molecular weight is 293 g/mol. The number of carbonyl (C=O) groups excluding carboxylic acids is 1. The van der Waals surface area contributed by atoms with Crippen LogP contribution >= 0.6 is 0 Å². The lowest BCUT2D eigenvalue weighted by Gasteiger charge is -2.15. The molecule has 1 aromatic rings. The molecule has 0 saturated heterocycles. The van der Waals surface area contributed by atoms with Gasteiger partial charge in [-0.15, -0.1) is 0 Å². The van der Waals surface area contributed by atoms with Gasteiger partial charge in [0.15, 0.2) is 0 Å². The van der Waals surface area contributed by atoms with Gasteiger partial charge in [-0.3, -0.25) is 9.59 Å². The Balaban J connectivity index is 2.53. The Morgan fingerprint density at radius 1 is 1.24 bits per heavy atom. The number of carboxylic acids is 1. The maximum absolute atomic E-state index is 11.9. The lowest BCUT2D eigenvalue weighted by Crippen LogP contribution is -2.30. The SMILES string of the molecule is CC(CNC(=O)Cc1ccccc1OC(C)C)CC(=O)O. The van der Waals surface area contributed by atoms with E-state index in [2.05, 4.69) is 5.32 Å². The molecular formula is C16H23NO4. The summed E-state index contributed by atoms with van der Waals surface area (Å²) < 4.78 is 5.67. The van der Waals surface area contributed by atoms with Crippen molar-refractivity contribution in [1.82, 2.24) is 5.32 Å². The molecule has 0 fully saturated rings. The van der Waals surface area contributed by atoms with Crippen molar-refractivity contribution < 1.29 is 19.4 Å². The molecule has 5 heteroatoms. The normalized spacial score (nSPS) is 12.0. The lowest BCUT2D eigenvalue weighted by atomic mass is 10.1. The number of aliphatic carboxylic acids is 1. The van der Waals surface area contributed by atoms with Gasteiger partial charge in [-0.2, -0.15) is 0 Å². The minimum absolute atomic E-state index is 0.0461. The van der Waals surface area contributed by atoms with E-state index in [1.807, 2.05) is 38.1 Å². The maximum atomic E-state index is 11.9. The topological polar surface area (TPSA) is 75.6 Å². The number of hydrogen-bond donors (Lipinski definition) is 2. The zero-order valence-corrected chi connectivity index (χ0v) is 12.8. The summed E-state index contributed by atoms with van der Waals surface area (Å²) in [5.74, 6) is -0.366. The van der Waals surface area contributed by atoms with Crippen molar-refractivity contribution in [3.8, 4) is 5.75 Å². The number of para-hydroxylation sites is 1. The van der Waals surface area contributed by atoms with E-state index in [9.17, 15) is 9.59 Å². The molecule has 1 atom stereocenters. The summed E-state index contributed by atoms with van der Waals surface area (Å²) in [6, 6.07) is 7.44. The van der Waals surface area contributed by atoms with Crippen molar-refractivity contribution in [3.05, 3.63) is 29.8 Å². The fraction of sp³-hybridized carbons (Fsp3) is 0.500. The molecule has 0 saturated carbocycles. The third-order valence-electron chi connectivity index (χ3n) is 2.86. The maximum Gasteiger partial charge on any atom is 0.303 e. The summed E-state index contributed by atoms with van der Waals surface area (Å²) in [6.45, 7) is 6.03. The first-order valence-corrected chi connectivity index (χ1v) is 7.11. The van der Waals surface area contributed by atoms with Crippen LogP contribution in [-0.2, 0) is 16.0 Å². The first kappa shape index (κ1) is 17.0. The van der Waals surface area contributed by atoms with Crippen molar-refractivity contribution in [3.63, 3.8) is 0 Å². The molecule has 1 rings (SSSR count). The Morgan fingerprint density at radius 3 is 2.52 bits per heavy atom. The van der Waals surface area contributed by atoms with Crippen LogP contribution < -0.4 is 10.1 Å². The van der Waals surface area contributed by atoms with E-state index in [1.54, 1.807) is 6.92 Å². The highest BCUT2D eigenvalue weighted by Gasteiger charge is 2.12. The second kappa shape index (κ2) is 8.29. The van der Waals surface area contributed by atoms with Gasteiger partial charge in [0.05, 0.1) is 12.5 Å². The van der Waals surface area contributed by atoms with Gasteiger partial charge < -0.3 is 15.2 Å². The molecule has 0 aliphatic carbocycles. The summed E-state index contributed by atoms with van der Waals surface area (Å²) in [5, 5.41) is 11.4. The minimum Gasteiger partial charge on any atom is -0.491 e. The molecule has 1 amide bonds. The Hall–Kier alpha value is -2.04. The van der Waals surface area contributed by atoms with Gasteiger partial charge in [-0.1, -0.05) is 25.1 Å². The number of amides is 1. The summed E-state index contributed by atoms with van der Waals surface area (Å²) in [5.41, 5.74) is 0.828. The van der Waals surface area contributed by atoms with Crippen molar-refractivity contribution in [2.75, 3.05) is 6.54 Å². The van der Waals surface area contributed by atoms with Crippen LogP contribution in [-0.4, -0.2) is 29.6 Å². The van der Waals surface area contributed by atoms with Gasteiger partial charge >= 0.3 is 5.97 Å². The predicted octanol–water partition coefficient (Wildman–Crippen LogP) is 2.24. The Bertz CT molecular complexity index is 485. The fourth-order valence-corrected chi connectivity index (χ4v) is 1.91. The highest BCUT2D eigenvalue weighted by atomic mass is 16.5. The molecule has 0 heterocycles. The van der Waals surface area contributed by atoms with Gasteiger partial charge in [0.2, 0.25) is 5.91 Å². The van der Waals surface area contributed by atoms with Crippen LogP contribution in [0.2, 0.25) is 0 Å². The van der Waals surface area contributed by atoms with Crippen LogP contribution in [0.15, 0.2) is 24.3 Å². The third-order valence-corrected chi connectivity index (χ3v) is 2.86. The number of carbonyl (C=O) groups is 2. The molecule has 0 spiro atoms. The summed E-state index contributed by atoms with van der Waals surface area (Å²) >= 11 is 0. The summed E-state index contributed by atoms with van der Waals surface area (Å²) in [7, 11) is 0. The molecule has 21 heavy (non-hydrogen) atoms. The second-order valence-corrected chi connectivity index (χ2v) is 5.46. The molecule has 0 radical (unpaired) electrons. The number of benzene rings is 1. The van der Waals surface area contributed by atoms with E-state index in [4.69, 9.17) is 9.84 Å². The van der Waals surface area contributed by atoms with Crippen LogP contribution in [0.4, 0.5) is 0 Å². The van der Waals surface area contributed by atoms with E-state index >= 15 is 0 Å². The van der Waals surface area contributed by atoms with Crippen molar-refractivity contribution >= 4 is 11.9 Å². The van der Waals surface area contributed by atoms with Crippen molar-refractivity contribution in [2.45, 2.75) is 39.7 Å². The van der Waals surface area contributed by atoms with Gasteiger partial charge in [0, 0.05) is 18.5 Å². The number of hydrogen-bond acceptors (Lipinski definition) is 3. The first-order chi connectivity index (χ1) is 9.88. The first-order valence-electron chi connectivity index (χ1n) is 7.11. The van der Waals surface area contributed by atoms with Crippen molar-refractivity contribution in [1.29, 1.82) is 0 Å². The van der Waals surface area contributed by atoms with Crippen LogP contribution in [0.25, 0.3) is 0 Å². The number of rotatable bonds is 8. The fourth-order valence-electron chi connectivity index (χ4n) is 1.91. The second-order valence-electron chi connectivity index (χ2n) is 5.46. The third kappa shape index (κ3) is 6.79. The summed E-state index contributed by atoms with van der Waals surface area (Å²) in [4.78, 5) is 22.5. The highest BCUT2D eigenvalue weighted by molar-refractivity contribution is 5.79. The molecule has 0 bridgehead atoms. The number of nitrogens with one attached hydrogen (secondary N) is 1. The zero-order valence-electron chi connectivity index (χ0n) is 12.8. The van der Waals surface area contributed by atoms with Crippen LogP contribution in [0.1, 0.15) is 32.8 Å².